The maximum Gasteiger partial charge on any atom is 0.314 e. The van der Waals surface area contributed by atoms with Gasteiger partial charge in [-0.2, -0.15) is 0 Å². The minimum absolute atomic E-state index is 0.0848. The third-order valence-electron chi connectivity index (χ3n) is 3.50. The van der Waals surface area contributed by atoms with E-state index in [4.69, 9.17) is 10.5 Å². The molecule has 0 spiro atoms. The number of nitrogens with zero attached hydrogens (tertiary/aromatic N) is 2. The lowest BCUT2D eigenvalue weighted by molar-refractivity contribution is -0.386. The lowest BCUT2D eigenvalue weighted by atomic mass is 10.0. The average molecular weight is 297 g/mol. The highest BCUT2D eigenvalue weighted by molar-refractivity contribution is 5.57. The van der Waals surface area contributed by atoms with Gasteiger partial charge >= 0.3 is 5.69 Å². The summed E-state index contributed by atoms with van der Waals surface area (Å²) in [5, 5.41) is 20.8. The second-order valence-electron chi connectivity index (χ2n) is 4.93. The van der Waals surface area contributed by atoms with E-state index in [0.717, 1.165) is 19.4 Å². The summed E-state index contributed by atoms with van der Waals surface area (Å²) in [7, 11) is 3.29. The molecule has 0 aromatic heterocycles. The molecule has 0 saturated carbocycles. The van der Waals surface area contributed by atoms with Crippen molar-refractivity contribution < 1.29 is 14.8 Å². The highest BCUT2D eigenvalue weighted by Gasteiger charge is 2.24. The number of phenolic OH excluding ortho intramolecular Hbond substituents is 1. The predicted octanol–water partition coefficient (Wildman–Crippen LogP) is 2.04. The molecule has 0 aliphatic rings. The van der Waals surface area contributed by atoms with Crippen LogP contribution in [0, 0.1) is 10.1 Å². The third kappa shape index (κ3) is 4.05. The van der Waals surface area contributed by atoms with Gasteiger partial charge in [0, 0.05) is 18.7 Å². The van der Waals surface area contributed by atoms with Crippen LogP contribution in [0.3, 0.4) is 0 Å². The number of likely N-dealkylation sites (N-methyl/N-ethyl adjacent to an activating group) is 1. The number of nitrogens with two attached hydrogens (primary N) is 1. The van der Waals surface area contributed by atoms with E-state index >= 15 is 0 Å². The van der Waals surface area contributed by atoms with Crippen LogP contribution in [-0.2, 0) is 0 Å². The zero-order chi connectivity index (χ0) is 16.0. The number of phenols is 1. The Morgan fingerprint density at radius 3 is 2.67 bits per heavy atom. The van der Waals surface area contributed by atoms with Gasteiger partial charge in [-0.15, -0.1) is 0 Å². The lowest BCUT2D eigenvalue weighted by Gasteiger charge is -2.27. The van der Waals surface area contributed by atoms with Gasteiger partial charge in [0.25, 0.3) is 0 Å². The third-order valence-corrected chi connectivity index (χ3v) is 3.50. The smallest absolute Gasteiger partial charge is 0.314 e. The van der Waals surface area contributed by atoms with Gasteiger partial charge in [-0.25, -0.2) is 0 Å². The molecule has 1 aromatic rings. The first-order valence-corrected chi connectivity index (χ1v) is 6.91. The summed E-state index contributed by atoms with van der Waals surface area (Å²) in [4.78, 5) is 12.5. The first-order valence-electron chi connectivity index (χ1n) is 6.91. The summed E-state index contributed by atoms with van der Waals surface area (Å²) in [5.74, 6) is -0.375. The van der Waals surface area contributed by atoms with Gasteiger partial charge in [0.2, 0.25) is 5.75 Å². The molecular formula is C14H23N3O4. The predicted molar refractivity (Wildman–Crippen MR) is 80.6 cm³/mol. The SMILES string of the molecule is CCCCN(C)C(CN)c1cc(OC)c(O)c([N+](=O)[O-])c1. The lowest BCUT2D eigenvalue weighted by Crippen LogP contribution is -2.31. The maximum atomic E-state index is 11.0. The highest BCUT2D eigenvalue weighted by atomic mass is 16.6. The van der Waals surface area contributed by atoms with Crippen LogP contribution in [0.1, 0.15) is 31.4 Å². The number of aromatic hydroxyl groups is 1. The van der Waals surface area contributed by atoms with Crippen molar-refractivity contribution in [3.05, 3.63) is 27.8 Å². The van der Waals surface area contributed by atoms with Crippen LogP contribution in [0.5, 0.6) is 11.5 Å². The van der Waals surface area contributed by atoms with Crippen molar-refractivity contribution >= 4 is 5.69 Å². The summed E-state index contributed by atoms with van der Waals surface area (Å²) in [6.07, 6.45) is 2.07. The minimum atomic E-state index is -0.624. The Morgan fingerprint density at radius 1 is 1.52 bits per heavy atom. The largest absolute Gasteiger partial charge is 0.500 e. The van der Waals surface area contributed by atoms with E-state index < -0.39 is 10.7 Å². The van der Waals surface area contributed by atoms with Crippen LogP contribution in [0.2, 0.25) is 0 Å². The number of benzene rings is 1. The zero-order valence-corrected chi connectivity index (χ0v) is 12.7. The fourth-order valence-electron chi connectivity index (χ4n) is 2.23. The molecule has 1 rings (SSSR count). The number of methoxy groups -OCH3 is 1. The summed E-state index contributed by atoms with van der Waals surface area (Å²) in [6.45, 7) is 3.26. The molecule has 0 aliphatic heterocycles. The van der Waals surface area contributed by atoms with E-state index in [1.54, 1.807) is 6.07 Å². The fraction of sp³-hybridized carbons (Fsp3) is 0.571. The number of nitro benzene ring substituents is 1. The minimum Gasteiger partial charge on any atom is -0.500 e. The number of nitro groups is 1. The molecule has 0 bridgehead atoms. The van der Waals surface area contributed by atoms with Crippen molar-refractivity contribution in [3.8, 4) is 11.5 Å². The van der Waals surface area contributed by atoms with Gasteiger partial charge in [0.05, 0.1) is 12.0 Å². The molecule has 7 nitrogen and oxygen atoms in total. The molecule has 0 heterocycles. The number of hydrogen-bond acceptors (Lipinski definition) is 6. The van der Waals surface area contributed by atoms with Crippen molar-refractivity contribution in [3.63, 3.8) is 0 Å². The zero-order valence-electron chi connectivity index (χ0n) is 12.7. The molecule has 0 radical (unpaired) electrons. The van der Waals surface area contributed by atoms with E-state index in [2.05, 4.69) is 11.8 Å². The number of hydrogen-bond donors (Lipinski definition) is 2. The Balaban J connectivity index is 3.20. The summed E-state index contributed by atoms with van der Waals surface area (Å²) in [5.41, 5.74) is 6.11. The van der Waals surface area contributed by atoms with Gasteiger partial charge < -0.3 is 15.6 Å². The van der Waals surface area contributed by atoms with Crippen LogP contribution < -0.4 is 10.5 Å². The van der Waals surface area contributed by atoms with Crippen molar-refractivity contribution in [2.24, 2.45) is 5.73 Å². The molecule has 0 aliphatic carbocycles. The fourth-order valence-corrected chi connectivity index (χ4v) is 2.23. The van der Waals surface area contributed by atoms with Crippen LogP contribution in [0.15, 0.2) is 12.1 Å². The van der Waals surface area contributed by atoms with Gasteiger partial charge in [0.1, 0.15) is 0 Å². The Labute approximate surface area is 124 Å². The maximum absolute atomic E-state index is 11.0. The Hall–Kier alpha value is -1.86. The van der Waals surface area contributed by atoms with Crippen LogP contribution >= 0.6 is 0 Å². The Kier molecular flexibility index (Phi) is 6.39. The second kappa shape index (κ2) is 7.80. The molecule has 0 fully saturated rings. The molecule has 0 amide bonds. The molecule has 7 heteroatoms. The molecular weight excluding hydrogens is 274 g/mol. The monoisotopic (exact) mass is 297 g/mol. The molecule has 118 valence electrons. The average Bonchev–Trinajstić information content (AvgIpc) is 2.46. The Bertz CT molecular complexity index is 493. The topological polar surface area (TPSA) is 102 Å². The number of unbranched alkanes of at least 4 members (excludes halogenated alkanes) is 1. The standard InChI is InChI=1S/C14H23N3O4/c1-4-5-6-16(2)12(9-15)10-7-11(17(19)20)14(18)13(8-10)21-3/h7-8,12,18H,4-6,9,15H2,1-3H3. The van der Waals surface area contributed by atoms with E-state index in [-0.39, 0.29) is 17.5 Å². The van der Waals surface area contributed by atoms with E-state index in [0.29, 0.717) is 12.1 Å². The van der Waals surface area contributed by atoms with Crippen molar-refractivity contribution in [1.29, 1.82) is 0 Å². The van der Waals surface area contributed by atoms with Crippen LogP contribution in [0.25, 0.3) is 0 Å². The summed E-state index contributed by atoms with van der Waals surface area (Å²) < 4.78 is 5.02. The van der Waals surface area contributed by atoms with Crippen molar-refractivity contribution in [2.75, 3.05) is 27.2 Å². The summed E-state index contributed by atoms with van der Waals surface area (Å²) >= 11 is 0. The van der Waals surface area contributed by atoms with E-state index in [9.17, 15) is 15.2 Å². The van der Waals surface area contributed by atoms with Gasteiger partial charge in [-0.1, -0.05) is 13.3 Å². The molecule has 1 aromatic carbocycles. The van der Waals surface area contributed by atoms with E-state index in [1.807, 2.05) is 7.05 Å². The van der Waals surface area contributed by atoms with Crippen molar-refractivity contribution in [2.45, 2.75) is 25.8 Å². The molecule has 21 heavy (non-hydrogen) atoms. The van der Waals surface area contributed by atoms with Gasteiger partial charge in [-0.05, 0) is 31.6 Å². The van der Waals surface area contributed by atoms with Crippen molar-refractivity contribution in [1.82, 2.24) is 4.90 Å². The quantitative estimate of drug-likeness (QED) is 0.562. The molecule has 3 N–H and O–H groups in total. The normalized spacial score (nSPS) is 12.4. The van der Waals surface area contributed by atoms with Crippen LogP contribution in [-0.4, -0.2) is 42.2 Å². The molecule has 1 unspecified atom stereocenters. The first-order chi connectivity index (χ1) is 9.96. The second-order valence-corrected chi connectivity index (χ2v) is 4.93. The number of rotatable bonds is 8. The highest BCUT2D eigenvalue weighted by Crippen LogP contribution is 2.39. The molecule has 0 saturated heterocycles. The van der Waals surface area contributed by atoms with E-state index in [1.165, 1.54) is 13.2 Å². The first kappa shape index (κ1) is 17.2. The van der Waals surface area contributed by atoms with Gasteiger partial charge in [0.15, 0.2) is 5.75 Å². The summed E-state index contributed by atoms with van der Waals surface area (Å²) in [6, 6.07) is 2.80. The van der Waals surface area contributed by atoms with Gasteiger partial charge in [-0.3, -0.25) is 15.0 Å². The van der Waals surface area contributed by atoms with Crippen LogP contribution in [0.4, 0.5) is 5.69 Å². The Morgan fingerprint density at radius 2 is 2.19 bits per heavy atom. The number of ether oxygens (including phenoxy) is 1. The molecule has 1 atom stereocenters.